The quantitative estimate of drug-likeness (QED) is 0.121. The molecule has 11 nitrogen and oxygen atoms in total. The van der Waals surface area contributed by atoms with Crippen molar-refractivity contribution in [3.05, 3.63) is 57.2 Å². The Kier molecular flexibility index (Phi) is 9.19. The van der Waals surface area contributed by atoms with Crippen LogP contribution in [0.2, 0.25) is 0 Å². The second-order valence-corrected chi connectivity index (χ2v) is 13.3. The lowest BCUT2D eigenvalue weighted by Crippen LogP contribution is -2.44. The average molecular weight is 640 g/mol. The van der Waals surface area contributed by atoms with E-state index < -0.39 is 17.6 Å². The number of amides is 1. The van der Waals surface area contributed by atoms with E-state index in [1.807, 2.05) is 32.9 Å². The number of aliphatic hydroxyl groups excluding tert-OH is 1. The van der Waals surface area contributed by atoms with Crippen LogP contribution in [0.4, 0.5) is 0 Å². The molecule has 5 rings (SSSR count). The van der Waals surface area contributed by atoms with Gasteiger partial charge in [-0.2, -0.15) is 12.6 Å². The summed E-state index contributed by atoms with van der Waals surface area (Å²) >= 11 is 4.44. The normalized spacial score (nSPS) is 33.2. The van der Waals surface area contributed by atoms with Crippen LogP contribution in [0.15, 0.2) is 35.4 Å². The zero-order chi connectivity index (χ0) is 32.8. The Bertz CT molecular complexity index is 1600. The third-order valence-electron chi connectivity index (χ3n) is 10.5. The first-order chi connectivity index (χ1) is 21.3. The summed E-state index contributed by atoms with van der Waals surface area (Å²) in [6.07, 6.45) is 7.01. The third-order valence-corrected chi connectivity index (χ3v) is 10.7. The lowest BCUT2D eigenvalue weighted by molar-refractivity contribution is -0.138. The van der Waals surface area contributed by atoms with Crippen molar-refractivity contribution in [2.45, 2.75) is 83.6 Å². The molecule has 0 radical (unpaired) electrons. The van der Waals surface area contributed by atoms with Crippen LogP contribution in [-0.4, -0.2) is 67.7 Å². The Morgan fingerprint density at radius 2 is 1.73 bits per heavy atom. The number of carbonyl (C=O) groups is 3. The first-order valence-corrected chi connectivity index (χ1v) is 16.3. The summed E-state index contributed by atoms with van der Waals surface area (Å²) < 4.78 is 0. The van der Waals surface area contributed by atoms with Crippen molar-refractivity contribution >= 4 is 42.6 Å². The number of carbonyl (C=O) groups excluding carboxylic acids is 1. The van der Waals surface area contributed by atoms with Crippen LogP contribution in [0.25, 0.3) is 12.2 Å². The fourth-order valence-electron chi connectivity index (χ4n) is 7.65. The molecular weight excluding hydrogens is 594 g/mol. The molecule has 0 aliphatic carbocycles. The van der Waals surface area contributed by atoms with Crippen molar-refractivity contribution < 1.29 is 29.7 Å². The van der Waals surface area contributed by atoms with E-state index in [9.17, 15) is 29.7 Å². The summed E-state index contributed by atoms with van der Waals surface area (Å²) in [5.74, 6) is -1.04. The SMILES string of the molecule is C=CC1=C(O)N[C@H](/C=c2\[nH]/c(=C\C3=C(CCC(=O)O)C(C)[C@]4(N3)N[C@@H]4C3NC(=O)[C@H](C)[C@H]3CCS)c(CCC(=O)O)c2C)C1C. The molecule has 5 heterocycles. The summed E-state index contributed by atoms with van der Waals surface area (Å²) in [4.78, 5) is 39.4. The van der Waals surface area contributed by atoms with Crippen LogP contribution < -0.4 is 32.0 Å². The van der Waals surface area contributed by atoms with Gasteiger partial charge in [0.05, 0.1) is 18.1 Å². The van der Waals surface area contributed by atoms with Crippen molar-refractivity contribution in [2.24, 2.45) is 23.7 Å². The third kappa shape index (κ3) is 6.02. The fourth-order valence-corrected chi connectivity index (χ4v) is 7.94. The highest BCUT2D eigenvalue weighted by Gasteiger charge is 2.66. The van der Waals surface area contributed by atoms with Gasteiger partial charge in [-0.25, -0.2) is 0 Å². The summed E-state index contributed by atoms with van der Waals surface area (Å²) in [6, 6.07) is -0.326. The Balaban J connectivity index is 1.54. The van der Waals surface area contributed by atoms with Gasteiger partial charge in [0.2, 0.25) is 5.91 Å². The number of carboxylic acid groups (broad SMARTS) is 2. The summed E-state index contributed by atoms with van der Waals surface area (Å²) in [5.41, 5.74) is 3.73. The molecule has 4 aliphatic heterocycles. The molecule has 2 fully saturated rings. The molecule has 4 aliphatic rings. The van der Waals surface area contributed by atoms with Crippen LogP contribution in [-0.2, 0) is 20.8 Å². The molecule has 3 unspecified atom stereocenters. The van der Waals surface area contributed by atoms with Crippen molar-refractivity contribution in [1.29, 1.82) is 0 Å². The van der Waals surface area contributed by atoms with E-state index >= 15 is 0 Å². The number of aromatic nitrogens is 1. The highest BCUT2D eigenvalue weighted by atomic mass is 32.1. The van der Waals surface area contributed by atoms with Gasteiger partial charge >= 0.3 is 11.9 Å². The summed E-state index contributed by atoms with van der Waals surface area (Å²) in [6.45, 7) is 11.8. The number of thiol groups is 1. The van der Waals surface area contributed by atoms with Crippen molar-refractivity contribution in [1.82, 2.24) is 26.3 Å². The van der Waals surface area contributed by atoms with Crippen LogP contribution >= 0.6 is 12.6 Å². The second kappa shape index (κ2) is 12.6. The van der Waals surface area contributed by atoms with E-state index in [0.29, 0.717) is 18.6 Å². The van der Waals surface area contributed by atoms with Crippen molar-refractivity contribution in [3.63, 3.8) is 0 Å². The Hall–Kier alpha value is -3.64. The van der Waals surface area contributed by atoms with Crippen LogP contribution in [0, 0.1) is 30.6 Å². The fraction of sp³-hybridized carbons (Fsp3) is 0.545. The number of aliphatic hydroxyl groups is 1. The van der Waals surface area contributed by atoms with Crippen molar-refractivity contribution in [2.75, 3.05) is 5.75 Å². The molecule has 1 aromatic rings. The molecule has 8 atom stereocenters. The van der Waals surface area contributed by atoms with E-state index in [1.54, 1.807) is 6.08 Å². The molecule has 45 heavy (non-hydrogen) atoms. The van der Waals surface area contributed by atoms with E-state index in [4.69, 9.17) is 0 Å². The maximum Gasteiger partial charge on any atom is 0.303 e. The number of hydrogen-bond donors (Lipinski definition) is 9. The van der Waals surface area contributed by atoms with Crippen LogP contribution in [0.5, 0.6) is 0 Å². The molecular formula is C33H45N5O6S. The molecule has 2 saturated heterocycles. The molecule has 1 spiro atoms. The standard InChI is InChI=1S/C33H45N5O6S/c1-6-19-15(2)24(35-32(19)44)13-23-16(3)20(7-9-27(39)40)25(34-23)14-26-22(8-10-28(41)42)18(5)33(37-26)30(38-33)29-21(11-12-45)17(4)31(43)36-29/h6,13-15,17-18,21,24,29-30,34-35,37-38,44-45H,1,7-12H2,2-5H3,(H,36,43)(H,39,40)(H,41,42)/b23-13-,25-14-/t15?,17-,18?,21-,24-,29?,30-,33+/m1/s1. The number of aliphatic carboxylic acids is 2. The van der Waals surface area contributed by atoms with Crippen molar-refractivity contribution in [3.8, 4) is 0 Å². The first-order valence-electron chi connectivity index (χ1n) is 15.7. The molecule has 8 N–H and O–H groups in total. The zero-order valence-corrected chi connectivity index (χ0v) is 27.1. The van der Waals surface area contributed by atoms with Gasteiger partial charge in [0.1, 0.15) is 5.66 Å². The molecule has 1 aromatic heterocycles. The summed E-state index contributed by atoms with van der Waals surface area (Å²) in [5, 5.41) is 44.6. The molecule has 0 aromatic carbocycles. The number of nitrogens with one attached hydrogen (secondary N) is 5. The topological polar surface area (TPSA) is 186 Å². The Morgan fingerprint density at radius 1 is 1.04 bits per heavy atom. The van der Waals surface area contributed by atoms with Gasteiger partial charge in [-0.15, -0.1) is 0 Å². The smallest absolute Gasteiger partial charge is 0.303 e. The molecule has 1 amide bonds. The van der Waals surface area contributed by atoms with E-state index in [1.165, 1.54) is 0 Å². The highest BCUT2D eigenvalue weighted by Crippen LogP contribution is 2.48. The van der Waals surface area contributed by atoms with Gasteiger partial charge in [0.15, 0.2) is 5.88 Å². The van der Waals surface area contributed by atoms with Gasteiger partial charge in [0.25, 0.3) is 0 Å². The molecule has 12 heteroatoms. The average Bonchev–Trinajstić information content (AvgIpc) is 3.27. The summed E-state index contributed by atoms with van der Waals surface area (Å²) in [7, 11) is 0. The predicted molar refractivity (Wildman–Crippen MR) is 175 cm³/mol. The number of aromatic amines is 1. The minimum atomic E-state index is -0.899. The van der Waals surface area contributed by atoms with Gasteiger partial charge in [-0.1, -0.05) is 33.4 Å². The number of allylic oxidation sites excluding steroid dienone is 2. The lowest BCUT2D eigenvalue weighted by atomic mass is 9.83. The molecule has 244 valence electrons. The van der Waals surface area contributed by atoms with Gasteiger partial charge in [0, 0.05) is 52.6 Å². The van der Waals surface area contributed by atoms with E-state index in [-0.39, 0.29) is 66.4 Å². The minimum absolute atomic E-state index is 0.0225. The maximum absolute atomic E-state index is 12.7. The van der Waals surface area contributed by atoms with Gasteiger partial charge in [-0.05, 0) is 66.7 Å². The van der Waals surface area contributed by atoms with Gasteiger partial charge in [-0.3, -0.25) is 19.7 Å². The monoisotopic (exact) mass is 639 g/mol. The second-order valence-electron chi connectivity index (χ2n) is 12.9. The predicted octanol–water partition coefficient (Wildman–Crippen LogP) is 1.56. The Morgan fingerprint density at radius 3 is 2.36 bits per heavy atom. The van der Waals surface area contributed by atoms with E-state index in [2.05, 4.69) is 52.4 Å². The molecule has 0 saturated carbocycles. The van der Waals surface area contributed by atoms with E-state index in [0.717, 1.165) is 45.1 Å². The molecule has 0 bridgehead atoms. The largest absolute Gasteiger partial charge is 0.495 e. The minimum Gasteiger partial charge on any atom is -0.495 e. The van der Waals surface area contributed by atoms with Crippen LogP contribution in [0.3, 0.4) is 0 Å². The lowest BCUT2D eigenvalue weighted by Gasteiger charge is -2.24. The first kappa shape index (κ1) is 32.7. The maximum atomic E-state index is 12.7. The number of hydrogen-bond acceptors (Lipinski definition) is 8. The number of rotatable bonds is 12. The highest BCUT2D eigenvalue weighted by molar-refractivity contribution is 7.80. The van der Waals surface area contributed by atoms with Gasteiger partial charge < -0.3 is 36.3 Å². The zero-order valence-electron chi connectivity index (χ0n) is 26.2. The Labute approximate surface area is 268 Å². The number of H-pyrrole nitrogens is 1. The van der Waals surface area contributed by atoms with Crippen LogP contribution in [0.1, 0.15) is 57.6 Å². The number of carboxylic acids is 2.